The maximum Gasteiger partial charge on any atom is 0.253 e. The molecule has 0 saturated carbocycles. The van der Waals surface area contributed by atoms with E-state index in [1.54, 1.807) is 12.3 Å². The molecule has 3 aromatic rings. The van der Waals surface area contributed by atoms with E-state index in [0.29, 0.717) is 16.1 Å². The van der Waals surface area contributed by atoms with Gasteiger partial charge >= 0.3 is 0 Å². The summed E-state index contributed by atoms with van der Waals surface area (Å²) in [7, 11) is 0. The Balaban J connectivity index is 1.59. The Bertz CT molecular complexity index is 934. The average Bonchev–Trinajstić information content (AvgIpc) is 2.93. The van der Waals surface area contributed by atoms with Crippen LogP contribution in [0.3, 0.4) is 0 Å². The number of hydrogen-bond acceptors (Lipinski definition) is 3. The van der Waals surface area contributed by atoms with Gasteiger partial charge in [0.1, 0.15) is 5.82 Å². The summed E-state index contributed by atoms with van der Waals surface area (Å²) in [6.07, 6.45) is 5.47. The first-order chi connectivity index (χ1) is 11.6. The number of amides is 1. The maximum absolute atomic E-state index is 12.8. The average molecular weight is 341 g/mol. The lowest BCUT2D eigenvalue weighted by molar-refractivity contribution is 0.0929. The Morgan fingerprint density at radius 2 is 2.29 bits per heavy atom. The van der Waals surface area contributed by atoms with Crippen LogP contribution in [-0.2, 0) is 13.0 Å². The molecule has 1 atom stereocenters. The molecule has 0 spiro atoms. The summed E-state index contributed by atoms with van der Waals surface area (Å²) in [5.41, 5.74) is 2.21. The molecule has 4 rings (SSSR count). The number of carbonyl (C=O) groups is 1. The molecule has 1 N–H and O–H groups in total. The van der Waals surface area contributed by atoms with Gasteiger partial charge in [0, 0.05) is 41.8 Å². The number of aryl methyl sites for hydroxylation is 2. The van der Waals surface area contributed by atoms with Gasteiger partial charge in [-0.15, -0.1) is 0 Å². The molecule has 1 aliphatic rings. The van der Waals surface area contributed by atoms with Crippen LogP contribution in [0.25, 0.3) is 10.9 Å². The first kappa shape index (κ1) is 15.1. The molecule has 0 aliphatic carbocycles. The Hall–Kier alpha value is -2.40. The van der Waals surface area contributed by atoms with Crippen LogP contribution in [0.5, 0.6) is 0 Å². The van der Waals surface area contributed by atoms with Crippen molar-refractivity contribution in [2.75, 3.05) is 0 Å². The molecule has 0 bridgehead atoms. The number of hydrogen-bond donors (Lipinski definition) is 1. The topological polar surface area (TPSA) is 59.8 Å². The molecule has 0 saturated heterocycles. The molecule has 2 aromatic heterocycles. The van der Waals surface area contributed by atoms with E-state index < -0.39 is 0 Å². The van der Waals surface area contributed by atoms with Crippen molar-refractivity contribution in [3.05, 3.63) is 58.8 Å². The molecule has 122 valence electrons. The molecule has 1 aromatic carbocycles. The summed E-state index contributed by atoms with van der Waals surface area (Å²) in [5.74, 6) is 0.958. The van der Waals surface area contributed by atoms with Crippen molar-refractivity contribution in [2.45, 2.75) is 32.4 Å². The number of halogens is 1. The number of nitrogens with one attached hydrogen (secondary N) is 1. The molecule has 3 heterocycles. The highest BCUT2D eigenvalue weighted by Crippen LogP contribution is 2.23. The van der Waals surface area contributed by atoms with Crippen LogP contribution in [0.4, 0.5) is 0 Å². The Morgan fingerprint density at radius 1 is 1.42 bits per heavy atom. The molecule has 24 heavy (non-hydrogen) atoms. The monoisotopic (exact) mass is 340 g/mol. The van der Waals surface area contributed by atoms with Crippen molar-refractivity contribution in [1.82, 2.24) is 19.9 Å². The highest BCUT2D eigenvalue weighted by molar-refractivity contribution is 6.32. The van der Waals surface area contributed by atoms with Crippen LogP contribution in [-0.4, -0.2) is 26.5 Å². The normalized spacial score (nSPS) is 16.8. The molecule has 1 aliphatic heterocycles. The fourth-order valence-corrected chi connectivity index (χ4v) is 3.52. The first-order valence-electron chi connectivity index (χ1n) is 7.98. The van der Waals surface area contributed by atoms with E-state index in [4.69, 9.17) is 11.6 Å². The third kappa shape index (κ3) is 2.76. The zero-order valence-electron chi connectivity index (χ0n) is 13.3. The fourth-order valence-electron chi connectivity index (χ4n) is 3.30. The zero-order valence-corrected chi connectivity index (χ0v) is 14.0. The minimum absolute atomic E-state index is 0.0799. The number of pyridine rings is 1. The third-order valence-corrected chi connectivity index (χ3v) is 4.58. The number of carbonyl (C=O) groups excluding carboxylic acids is 1. The van der Waals surface area contributed by atoms with E-state index in [1.807, 2.05) is 31.3 Å². The molecular weight excluding hydrogens is 324 g/mol. The third-order valence-electron chi connectivity index (χ3n) is 4.36. The Morgan fingerprint density at radius 3 is 3.17 bits per heavy atom. The summed E-state index contributed by atoms with van der Waals surface area (Å²) in [5, 5.41) is 4.52. The van der Waals surface area contributed by atoms with E-state index in [1.165, 1.54) is 0 Å². The molecule has 5 nitrogen and oxygen atoms in total. The van der Waals surface area contributed by atoms with Crippen LogP contribution in [0.1, 0.15) is 28.3 Å². The van der Waals surface area contributed by atoms with Crippen LogP contribution in [0, 0.1) is 6.92 Å². The van der Waals surface area contributed by atoms with Crippen molar-refractivity contribution < 1.29 is 4.79 Å². The molecule has 0 radical (unpaired) electrons. The lowest BCUT2D eigenvalue weighted by Gasteiger charge is -2.25. The minimum atomic E-state index is -0.133. The number of fused-ring (bicyclic) bond motifs is 2. The number of nitrogens with zero attached hydrogens (tertiary/aromatic N) is 3. The van der Waals surface area contributed by atoms with Gasteiger partial charge in [0.2, 0.25) is 0 Å². The highest BCUT2D eigenvalue weighted by Gasteiger charge is 2.22. The lowest BCUT2D eigenvalue weighted by atomic mass is 10.1. The number of aromatic nitrogens is 3. The molecule has 1 amide bonds. The zero-order chi connectivity index (χ0) is 16.7. The lowest BCUT2D eigenvalue weighted by Crippen LogP contribution is -2.41. The van der Waals surface area contributed by atoms with E-state index >= 15 is 0 Å². The molecular formula is C18H17ClN4O. The highest BCUT2D eigenvalue weighted by atomic mass is 35.5. The maximum atomic E-state index is 12.8. The summed E-state index contributed by atoms with van der Waals surface area (Å²) < 4.78 is 2.12. The van der Waals surface area contributed by atoms with Gasteiger partial charge in [0.25, 0.3) is 5.91 Å². The van der Waals surface area contributed by atoms with Crippen LogP contribution in [0.2, 0.25) is 5.02 Å². The second-order valence-corrected chi connectivity index (χ2v) is 6.62. The van der Waals surface area contributed by atoms with E-state index in [9.17, 15) is 4.79 Å². The summed E-state index contributed by atoms with van der Waals surface area (Å²) >= 11 is 6.16. The first-order valence-corrected chi connectivity index (χ1v) is 8.36. The quantitative estimate of drug-likeness (QED) is 0.779. The minimum Gasteiger partial charge on any atom is -0.347 e. The second-order valence-electron chi connectivity index (χ2n) is 6.19. The SMILES string of the molecule is Cc1cn2c(n1)CC[C@@H](NC(=O)c1cc(Cl)cc3cccnc13)C2. The molecule has 6 heteroatoms. The standard InChI is InChI=1S/C18H17ClN4O/c1-11-9-23-10-14(4-5-16(23)21-11)22-18(24)15-8-13(19)7-12-3-2-6-20-17(12)15/h2-3,6-9,14H,4-5,10H2,1H3,(H,22,24)/t14-/m1/s1. The predicted molar refractivity (Wildman–Crippen MR) is 93.3 cm³/mol. The van der Waals surface area contributed by atoms with Crippen LogP contribution >= 0.6 is 11.6 Å². The number of benzene rings is 1. The van der Waals surface area contributed by atoms with Crippen molar-refractivity contribution >= 4 is 28.4 Å². The molecule has 0 unspecified atom stereocenters. The summed E-state index contributed by atoms with van der Waals surface area (Å²) in [6, 6.07) is 7.33. The van der Waals surface area contributed by atoms with E-state index in [2.05, 4.69) is 19.9 Å². The summed E-state index contributed by atoms with van der Waals surface area (Å²) in [6.45, 7) is 2.73. The van der Waals surface area contributed by atoms with Gasteiger partial charge in [-0.05, 0) is 31.5 Å². The number of rotatable bonds is 2. The number of imidazole rings is 1. The Labute approximate surface area is 144 Å². The second kappa shape index (κ2) is 5.91. The van der Waals surface area contributed by atoms with Crippen molar-refractivity contribution in [1.29, 1.82) is 0 Å². The van der Waals surface area contributed by atoms with Gasteiger partial charge in [-0.1, -0.05) is 17.7 Å². The van der Waals surface area contributed by atoms with E-state index in [0.717, 1.165) is 36.3 Å². The van der Waals surface area contributed by atoms with Gasteiger partial charge in [-0.3, -0.25) is 9.78 Å². The Kier molecular flexibility index (Phi) is 3.73. The van der Waals surface area contributed by atoms with Crippen molar-refractivity contribution in [3.8, 4) is 0 Å². The van der Waals surface area contributed by atoms with Gasteiger partial charge in [0.15, 0.2) is 0 Å². The van der Waals surface area contributed by atoms with Gasteiger partial charge in [-0.25, -0.2) is 4.98 Å². The van der Waals surface area contributed by atoms with Crippen molar-refractivity contribution in [2.24, 2.45) is 0 Å². The van der Waals surface area contributed by atoms with Gasteiger partial charge in [-0.2, -0.15) is 0 Å². The fraction of sp³-hybridized carbons (Fsp3) is 0.278. The van der Waals surface area contributed by atoms with Crippen molar-refractivity contribution in [3.63, 3.8) is 0 Å². The predicted octanol–water partition coefficient (Wildman–Crippen LogP) is 3.14. The van der Waals surface area contributed by atoms with Gasteiger partial charge < -0.3 is 9.88 Å². The van der Waals surface area contributed by atoms with E-state index in [-0.39, 0.29) is 11.9 Å². The largest absolute Gasteiger partial charge is 0.347 e. The summed E-state index contributed by atoms with van der Waals surface area (Å²) in [4.78, 5) is 21.6. The van der Waals surface area contributed by atoms with Gasteiger partial charge in [0.05, 0.1) is 16.8 Å². The smallest absolute Gasteiger partial charge is 0.253 e. The van der Waals surface area contributed by atoms with Crippen LogP contribution < -0.4 is 5.32 Å². The van der Waals surface area contributed by atoms with Crippen LogP contribution in [0.15, 0.2) is 36.7 Å². The molecule has 0 fully saturated rings.